The number of hydrogen-bond donors (Lipinski definition) is 1. The Labute approximate surface area is 102 Å². The number of amides is 1. The molecule has 0 heterocycles. The van der Waals surface area contributed by atoms with Crippen LogP contribution >= 0.6 is 0 Å². The van der Waals surface area contributed by atoms with E-state index in [9.17, 15) is 4.79 Å². The molecule has 0 fully saturated rings. The third-order valence-corrected chi connectivity index (χ3v) is 2.43. The minimum absolute atomic E-state index is 0.0518. The lowest BCUT2D eigenvalue weighted by Gasteiger charge is -2.12. The summed E-state index contributed by atoms with van der Waals surface area (Å²) in [7, 11) is 1.60. The fourth-order valence-corrected chi connectivity index (χ4v) is 1.44. The van der Waals surface area contributed by atoms with Crippen LogP contribution in [0.3, 0.4) is 0 Å². The summed E-state index contributed by atoms with van der Waals surface area (Å²) in [6, 6.07) is 3.58. The van der Waals surface area contributed by atoms with Crippen molar-refractivity contribution in [2.45, 2.75) is 33.7 Å². The minimum Gasteiger partial charge on any atom is -0.496 e. The van der Waals surface area contributed by atoms with Crippen LogP contribution in [0.1, 0.15) is 25.0 Å². The lowest BCUT2D eigenvalue weighted by atomic mass is 10.1. The second-order valence-electron chi connectivity index (χ2n) is 4.26. The first-order valence-corrected chi connectivity index (χ1v) is 5.57. The van der Waals surface area contributed by atoms with Crippen LogP contribution in [-0.4, -0.2) is 19.2 Å². The van der Waals surface area contributed by atoms with E-state index in [-0.39, 0.29) is 6.04 Å². The summed E-state index contributed by atoms with van der Waals surface area (Å²) >= 11 is 0. The topological polar surface area (TPSA) is 47.6 Å². The zero-order chi connectivity index (χ0) is 13.0. The Bertz CT molecular complexity index is 413. The van der Waals surface area contributed by atoms with Crippen LogP contribution < -0.4 is 14.8 Å². The first-order chi connectivity index (χ1) is 7.93. The van der Waals surface area contributed by atoms with E-state index in [1.807, 2.05) is 33.8 Å². The standard InChI is InChI=1S/C13H19NO3/c1-8(2)14-13(15)17-11-6-9(3)10(4)12(7-11)16-5/h6-8H,1-5H3,(H,14,15). The molecule has 0 aromatic heterocycles. The van der Waals surface area contributed by atoms with Gasteiger partial charge in [0.15, 0.2) is 0 Å². The molecule has 1 rings (SSSR count). The van der Waals surface area contributed by atoms with Gasteiger partial charge in [-0.2, -0.15) is 0 Å². The van der Waals surface area contributed by atoms with E-state index >= 15 is 0 Å². The van der Waals surface area contributed by atoms with Gasteiger partial charge in [-0.1, -0.05) is 0 Å². The fraction of sp³-hybridized carbons (Fsp3) is 0.462. The Morgan fingerprint density at radius 3 is 2.47 bits per heavy atom. The molecule has 1 N–H and O–H groups in total. The van der Waals surface area contributed by atoms with Crippen molar-refractivity contribution < 1.29 is 14.3 Å². The highest BCUT2D eigenvalue weighted by Gasteiger charge is 2.10. The summed E-state index contributed by atoms with van der Waals surface area (Å²) in [5.41, 5.74) is 2.07. The first kappa shape index (κ1) is 13.4. The van der Waals surface area contributed by atoms with Crippen LogP contribution in [0.2, 0.25) is 0 Å². The van der Waals surface area contributed by atoms with E-state index in [0.717, 1.165) is 16.9 Å². The van der Waals surface area contributed by atoms with E-state index in [0.29, 0.717) is 5.75 Å². The molecule has 0 aliphatic carbocycles. The monoisotopic (exact) mass is 237 g/mol. The number of ether oxygens (including phenoxy) is 2. The second kappa shape index (κ2) is 5.57. The molecule has 17 heavy (non-hydrogen) atoms. The number of methoxy groups -OCH3 is 1. The Hall–Kier alpha value is -1.71. The van der Waals surface area contributed by atoms with E-state index in [4.69, 9.17) is 9.47 Å². The van der Waals surface area contributed by atoms with Gasteiger partial charge in [-0.05, 0) is 44.9 Å². The molecule has 94 valence electrons. The molecule has 0 saturated heterocycles. The molecule has 0 unspecified atom stereocenters. The van der Waals surface area contributed by atoms with Crippen molar-refractivity contribution in [3.63, 3.8) is 0 Å². The van der Waals surface area contributed by atoms with Gasteiger partial charge in [0.1, 0.15) is 11.5 Å². The SMILES string of the molecule is COc1cc(OC(=O)NC(C)C)cc(C)c1C. The number of aryl methyl sites for hydroxylation is 1. The second-order valence-corrected chi connectivity index (χ2v) is 4.26. The van der Waals surface area contributed by atoms with Gasteiger partial charge < -0.3 is 14.8 Å². The Kier molecular flexibility index (Phi) is 4.37. The number of carbonyl (C=O) groups is 1. The highest BCUT2D eigenvalue weighted by molar-refractivity contribution is 5.71. The summed E-state index contributed by atoms with van der Waals surface area (Å²) in [5, 5.41) is 2.66. The van der Waals surface area contributed by atoms with Crippen molar-refractivity contribution in [1.82, 2.24) is 5.32 Å². The molecule has 1 aromatic rings. The van der Waals surface area contributed by atoms with E-state index < -0.39 is 6.09 Å². The Morgan fingerprint density at radius 2 is 1.94 bits per heavy atom. The predicted molar refractivity (Wildman–Crippen MR) is 66.8 cm³/mol. The molecule has 4 nitrogen and oxygen atoms in total. The summed E-state index contributed by atoms with van der Waals surface area (Å²) in [4.78, 5) is 11.4. The van der Waals surface area contributed by atoms with Crippen molar-refractivity contribution in [3.8, 4) is 11.5 Å². The van der Waals surface area contributed by atoms with Crippen molar-refractivity contribution in [3.05, 3.63) is 23.3 Å². The van der Waals surface area contributed by atoms with Crippen molar-refractivity contribution in [2.24, 2.45) is 0 Å². The number of carbonyl (C=O) groups excluding carboxylic acids is 1. The van der Waals surface area contributed by atoms with Crippen LogP contribution in [0.4, 0.5) is 4.79 Å². The van der Waals surface area contributed by atoms with Crippen LogP contribution in [0.5, 0.6) is 11.5 Å². The molecule has 1 amide bonds. The highest BCUT2D eigenvalue weighted by Crippen LogP contribution is 2.27. The molecule has 4 heteroatoms. The summed E-state index contributed by atoms with van der Waals surface area (Å²) in [6.07, 6.45) is -0.453. The lowest BCUT2D eigenvalue weighted by Crippen LogP contribution is -2.32. The van der Waals surface area contributed by atoms with Gasteiger partial charge in [-0.25, -0.2) is 4.79 Å². The molecule has 0 atom stereocenters. The van der Waals surface area contributed by atoms with Gasteiger partial charge in [0.2, 0.25) is 0 Å². The van der Waals surface area contributed by atoms with E-state index in [1.54, 1.807) is 13.2 Å². The predicted octanol–water partition coefficient (Wildman–Crippen LogP) is 2.81. The smallest absolute Gasteiger partial charge is 0.412 e. The maximum absolute atomic E-state index is 11.4. The van der Waals surface area contributed by atoms with Crippen molar-refractivity contribution >= 4 is 6.09 Å². The summed E-state index contributed by atoms with van der Waals surface area (Å²) in [5.74, 6) is 1.21. The maximum atomic E-state index is 11.4. The average molecular weight is 237 g/mol. The van der Waals surface area contributed by atoms with Crippen LogP contribution in [-0.2, 0) is 0 Å². The molecule has 0 aliphatic rings. The molecule has 1 aromatic carbocycles. The largest absolute Gasteiger partial charge is 0.496 e. The van der Waals surface area contributed by atoms with Crippen LogP contribution in [0.25, 0.3) is 0 Å². The Morgan fingerprint density at radius 1 is 1.29 bits per heavy atom. The molecule has 0 saturated carbocycles. The minimum atomic E-state index is -0.453. The van der Waals surface area contributed by atoms with Crippen LogP contribution in [0, 0.1) is 13.8 Å². The van der Waals surface area contributed by atoms with E-state index in [1.165, 1.54) is 0 Å². The third kappa shape index (κ3) is 3.66. The van der Waals surface area contributed by atoms with Crippen LogP contribution in [0.15, 0.2) is 12.1 Å². The zero-order valence-electron chi connectivity index (χ0n) is 11.0. The highest BCUT2D eigenvalue weighted by atomic mass is 16.6. The fourth-order valence-electron chi connectivity index (χ4n) is 1.44. The van der Waals surface area contributed by atoms with Gasteiger partial charge in [0.05, 0.1) is 7.11 Å². The third-order valence-electron chi connectivity index (χ3n) is 2.43. The van der Waals surface area contributed by atoms with Gasteiger partial charge in [-0.15, -0.1) is 0 Å². The van der Waals surface area contributed by atoms with Gasteiger partial charge in [0.25, 0.3) is 0 Å². The normalized spacial score (nSPS) is 10.2. The summed E-state index contributed by atoms with van der Waals surface area (Å²) < 4.78 is 10.4. The lowest BCUT2D eigenvalue weighted by molar-refractivity contribution is 0.197. The molecular formula is C13H19NO3. The zero-order valence-corrected chi connectivity index (χ0v) is 11.0. The maximum Gasteiger partial charge on any atom is 0.412 e. The van der Waals surface area contributed by atoms with E-state index in [2.05, 4.69) is 5.32 Å². The molecule has 0 radical (unpaired) electrons. The quantitative estimate of drug-likeness (QED) is 0.879. The van der Waals surface area contributed by atoms with Gasteiger partial charge in [0, 0.05) is 12.1 Å². The number of nitrogens with one attached hydrogen (secondary N) is 1. The van der Waals surface area contributed by atoms with Gasteiger partial charge in [-0.3, -0.25) is 0 Å². The number of rotatable bonds is 3. The van der Waals surface area contributed by atoms with Crippen molar-refractivity contribution in [1.29, 1.82) is 0 Å². The van der Waals surface area contributed by atoms with Gasteiger partial charge >= 0.3 is 6.09 Å². The molecule has 0 spiro atoms. The average Bonchev–Trinajstić information content (AvgIpc) is 2.21. The first-order valence-electron chi connectivity index (χ1n) is 5.57. The Balaban J connectivity index is 2.85. The molecule has 0 aliphatic heterocycles. The number of benzene rings is 1. The number of hydrogen-bond acceptors (Lipinski definition) is 3. The molecular weight excluding hydrogens is 218 g/mol. The van der Waals surface area contributed by atoms with Crippen molar-refractivity contribution in [2.75, 3.05) is 7.11 Å². The summed E-state index contributed by atoms with van der Waals surface area (Å²) in [6.45, 7) is 7.67. The molecule has 0 bridgehead atoms.